The molecule has 2 atom stereocenters. The van der Waals surface area contributed by atoms with Crippen molar-refractivity contribution < 1.29 is 18.9 Å². The lowest BCUT2D eigenvalue weighted by Gasteiger charge is -2.47. The van der Waals surface area contributed by atoms with Crippen molar-refractivity contribution in [3.63, 3.8) is 0 Å². The normalized spacial score (nSPS) is 23.9. The monoisotopic (exact) mass is 508 g/mol. The molecule has 33 heavy (non-hydrogen) atoms. The Labute approximate surface area is 204 Å². The van der Waals surface area contributed by atoms with Crippen molar-refractivity contribution in [1.29, 1.82) is 0 Å². The standard InChI is InChI=1S/C22H19Cl3N4O4/c1-20(2)22(19(26)31,27-18(30)16-10-11-32-28-16)21(29-33-20,12-6-3-4-7-13(12)23)17-14(24)8-5-9-15(17)25/h3-11,29H,1-2H3,(H2,26,31)(H,27,30). The van der Waals surface area contributed by atoms with Gasteiger partial charge in [0.2, 0.25) is 5.91 Å². The van der Waals surface area contributed by atoms with Gasteiger partial charge in [0.1, 0.15) is 17.4 Å². The number of halogens is 3. The van der Waals surface area contributed by atoms with Crippen LogP contribution in [0, 0.1) is 0 Å². The molecule has 2 unspecified atom stereocenters. The summed E-state index contributed by atoms with van der Waals surface area (Å²) in [6.07, 6.45) is 1.23. The first-order valence-corrected chi connectivity index (χ1v) is 10.9. The molecule has 0 radical (unpaired) electrons. The molecule has 2 heterocycles. The van der Waals surface area contributed by atoms with Crippen molar-refractivity contribution in [3.05, 3.63) is 86.7 Å². The van der Waals surface area contributed by atoms with Gasteiger partial charge < -0.3 is 15.6 Å². The number of carbonyl (C=O) groups excluding carboxylic acids is 2. The number of hydroxylamine groups is 1. The lowest BCUT2D eigenvalue weighted by atomic mass is 9.62. The van der Waals surface area contributed by atoms with Crippen LogP contribution in [0.2, 0.25) is 15.1 Å². The number of nitrogens with two attached hydrogens (primary N) is 1. The van der Waals surface area contributed by atoms with Gasteiger partial charge in [-0.15, -0.1) is 0 Å². The van der Waals surface area contributed by atoms with E-state index in [1.165, 1.54) is 12.3 Å². The summed E-state index contributed by atoms with van der Waals surface area (Å²) in [5.74, 6) is -1.66. The van der Waals surface area contributed by atoms with Gasteiger partial charge in [0.15, 0.2) is 11.2 Å². The van der Waals surface area contributed by atoms with E-state index in [1.807, 2.05) is 0 Å². The molecule has 8 nitrogen and oxygen atoms in total. The zero-order chi connectivity index (χ0) is 24.0. The van der Waals surface area contributed by atoms with Gasteiger partial charge in [-0.2, -0.15) is 5.48 Å². The second-order valence-electron chi connectivity index (χ2n) is 7.99. The van der Waals surface area contributed by atoms with Crippen LogP contribution in [0.15, 0.2) is 59.3 Å². The molecule has 3 aromatic rings. The maximum Gasteiger partial charge on any atom is 0.274 e. The molecule has 1 aromatic heterocycles. The number of benzene rings is 2. The molecule has 172 valence electrons. The van der Waals surface area contributed by atoms with Crippen molar-refractivity contribution in [3.8, 4) is 0 Å². The summed E-state index contributed by atoms with van der Waals surface area (Å²) in [6, 6.07) is 12.9. The molecule has 1 aliphatic heterocycles. The summed E-state index contributed by atoms with van der Waals surface area (Å²) in [4.78, 5) is 32.6. The van der Waals surface area contributed by atoms with Gasteiger partial charge in [0, 0.05) is 32.3 Å². The summed E-state index contributed by atoms with van der Waals surface area (Å²) in [5, 5.41) is 7.06. The van der Waals surface area contributed by atoms with Crippen molar-refractivity contribution in [1.82, 2.24) is 16.0 Å². The molecule has 0 aliphatic carbocycles. The Hall–Kier alpha value is -2.62. The van der Waals surface area contributed by atoms with Gasteiger partial charge in [0.05, 0.1) is 0 Å². The van der Waals surface area contributed by atoms with E-state index in [9.17, 15) is 9.59 Å². The molecule has 1 aliphatic rings. The van der Waals surface area contributed by atoms with E-state index < -0.39 is 28.5 Å². The first kappa shape index (κ1) is 23.5. The Balaban J connectivity index is 2.13. The molecule has 2 amide bonds. The number of amides is 2. The second-order valence-corrected chi connectivity index (χ2v) is 9.22. The molecular weight excluding hydrogens is 491 g/mol. The van der Waals surface area contributed by atoms with Crippen LogP contribution in [0.3, 0.4) is 0 Å². The number of rotatable bonds is 5. The minimum atomic E-state index is -2.00. The lowest BCUT2D eigenvalue weighted by Crippen LogP contribution is -2.76. The third-order valence-electron chi connectivity index (χ3n) is 5.88. The Bertz CT molecular complexity index is 1210. The van der Waals surface area contributed by atoms with Crippen molar-refractivity contribution in [2.45, 2.75) is 30.5 Å². The quantitative estimate of drug-likeness (QED) is 0.481. The summed E-state index contributed by atoms with van der Waals surface area (Å²) < 4.78 is 4.79. The van der Waals surface area contributed by atoms with Gasteiger partial charge in [-0.05, 0) is 32.0 Å². The first-order valence-electron chi connectivity index (χ1n) is 9.76. The maximum atomic E-state index is 13.5. The fraction of sp³-hybridized carbons (Fsp3) is 0.227. The number of nitrogens with zero attached hydrogens (tertiary/aromatic N) is 1. The highest BCUT2D eigenvalue weighted by atomic mass is 35.5. The number of hydrogen-bond donors (Lipinski definition) is 3. The van der Waals surface area contributed by atoms with Gasteiger partial charge >= 0.3 is 0 Å². The van der Waals surface area contributed by atoms with Crippen molar-refractivity contribution in [2.24, 2.45) is 5.73 Å². The van der Waals surface area contributed by atoms with E-state index in [0.717, 1.165) is 0 Å². The van der Waals surface area contributed by atoms with Crippen LogP contribution < -0.4 is 16.5 Å². The third kappa shape index (κ3) is 3.33. The SMILES string of the molecule is CC1(C)ONC(c2ccccc2Cl)(c2c(Cl)cccc2Cl)C1(NC(=O)c1ccon1)C(N)=O. The zero-order valence-electron chi connectivity index (χ0n) is 17.5. The predicted molar refractivity (Wildman–Crippen MR) is 123 cm³/mol. The molecule has 1 saturated heterocycles. The van der Waals surface area contributed by atoms with Gasteiger partial charge in [0.25, 0.3) is 5.91 Å². The van der Waals surface area contributed by atoms with E-state index in [-0.39, 0.29) is 26.3 Å². The van der Waals surface area contributed by atoms with Crippen LogP contribution in [-0.4, -0.2) is 28.1 Å². The number of nitrogens with one attached hydrogen (secondary N) is 2. The van der Waals surface area contributed by atoms with E-state index in [2.05, 4.69) is 16.0 Å². The summed E-state index contributed by atoms with van der Waals surface area (Å²) in [6.45, 7) is 3.19. The molecule has 0 saturated carbocycles. The average Bonchev–Trinajstić information content (AvgIpc) is 3.36. The number of aromatic nitrogens is 1. The minimum Gasteiger partial charge on any atom is -0.367 e. The molecule has 11 heteroatoms. The maximum absolute atomic E-state index is 13.5. The highest BCUT2D eigenvalue weighted by Gasteiger charge is 2.73. The molecule has 0 bridgehead atoms. The predicted octanol–water partition coefficient (Wildman–Crippen LogP) is 3.85. The van der Waals surface area contributed by atoms with E-state index >= 15 is 0 Å². The first-order chi connectivity index (χ1) is 15.6. The van der Waals surface area contributed by atoms with E-state index in [0.29, 0.717) is 5.56 Å². The van der Waals surface area contributed by atoms with Gasteiger partial charge in [-0.25, -0.2) is 0 Å². The smallest absolute Gasteiger partial charge is 0.274 e. The molecular formula is C22H19Cl3N4O4. The summed E-state index contributed by atoms with van der Waals surface area (Å²) in [7, 11) is 0. The Kier molecular flexibility index (Phi) is 5.92. The largest absolute Gasteiger partial charge is 0.367 e. The molecule has 1 fully saturated rings. The fourth-order valence-corrected chi connectivity index (χ4v) is 5.37. The Morgan fingerprint density at radius 2 is 1.64 bits per heavy atom. The van der Waals surface area contributed by atoms with Crippen LogP contribution in [0.25, 0.3) is 0 Å². The summed E-state index contributed by atoms with van der Waals surface area (Å²) >= 11 is 19.9. The van der Waals surface area contributed by atoms with Crippen LogP contribution in [-0.2, 0) is 15.2 Å². The minimum absolute atomic E-state index is 0.0726. The van der Waals surface area contributed by atoms with Crippen LogP contribution in [0.4, 0.5) is 0 Å². The number of hydrogen-bond acceptors (Lipinski definition) is 6. The van der Waals surface area contributed by atoms with Gasteiger partial charge in [-0.3, -0.25) is 14.4 Å². The van der Waals surface area contributed by atoms with E-state index in [4.69, 9.17) is 49.9 Å². The summed E-state index contributed by atoms with van der Waals surface area (Å²) in [5.41, 5.74) is 4.34. The van der Waals surface area contributed by atoms with Crippen molar-refractivity contribution in [2.75, 3.05) is 0 Å². The molecule has 2 aromatic carbocycles. The lowest BCUT2D eigenvalue weighted by molar-refractivity contribution is -0.132. The topological polar surface area (TPSA) is 119 Å². The van der Waals surface area contributed by atoms with Crippen LogP contribution in [0.5, 0.6) is 0 Å². The Morgan fingerprint density at radius 1 is 1.00 bits per heavy atom. The molecule has 4 N–H and O–H groups in total. The van der Waals surface area contributed by atoms with Gasteiger partial charge in [-0.1, -0.05) is 64.2 Å². The average molecular weight is 510 g/mol. The highest BCUT2D eigenvalue weighted by molar-refractivity contribution is 6.36. The Morgan fingerprint density at radius 3 is 2.21 bits per heavy atom. The van der Waals surface area contributed by atoms with Crippen LogP contribution in [0.1, 0.15) is 35.5 Å². The second kappa shape index (κ2) is 8.30. The van der Waals surface area contributed by atoms with Crippen molar-refractivity contribution >= 4 is 46.6 Å². The number of carbonyl (C=O) groups is 2. The van der Waals surface area contributed by atoms with E-state index in [1.54, 1.807) is 56.3 Å². The van der Waals surface area contributed by atoms with Crippen LogP contribution >= 0.6 is 34.8 Å². The molecule has 4 rings (SSSR count). The third-order valence-corrected chi connectivity index (χ3v) is 6.84. The molecule has 0 spiro atoms. The number of primary amides is 1. The highest BCUT2D eigenvalue weighted by Crippen LogP contribution is 2.55. The fourth-order valence-electron chi connectivity index (χ4n) is 4.41. The zero-order valence-corrected chi connectivity index (χ0v) is 19.8.